The molecule has 2 N–H and O–H groups in total. The van der Waals surface area contributed by atoms with Crippen molar-refractivity contribution in [2.75, 3.05) is 11.9 Å². The molecule has 20 heavy (non-hydrogen) atoms. The highest BCUT2D eigenvalue weighted by atomic mass is 19.1. The van der Waals surface area contributed by atoms with E-state index in [1.54, 1.807) is 12.1 Å². The van der Waals surface area contributed by atoms with E-state index in [9.17, 15) is 9.18 Å². The Balaban J connectivity index is 1.79. The summed E-state index contributed by atoms with van der Waals surface area (Å²) in [6.07, 6.45) is 0.150. The minimum absolute atomic E-state index is 0.150. The van der Waals surface area contributed by atoms with Gasteiger partial charge in [-0.1, -0.05) is 18.2 Å². The van der Waals surface area contributed by atoms with E-state index in [0.717, 1.165) is 6.07 Å². The molecule has 0 saturated heterocycles. The molecule has 2 aromatic carbocycles. The number of halogens is 1. The smallest absolute Gasteiger partial charge is 0.227 e. The molecular formula is C15H14FNO3. The number of aromatic hydroxyl groups is 1. The van der Waals surface area contributed by atoms with E-state index < -0.39 is 11.6 Å². The number of carbonyl (C=O) groups is 1. The van der Waals surface area contributed by atoms with Gasteiger partial charge in [-0.3, -0.25) is 4.79 Å². The Bertz CT molecular complexity index is 587. The Kier molecular flexibility index (Phi) is 4.55. The van der Waals surface area contributed by atoms with Gasteiger partial charge < -0.3 is 15.2 Å². The quantitative estimate of drug-likeness (QED) is 0.825. The predicted molar refractivity (Wildman–Crippen MR) is 73.2 cm³/mol. The van der Waals surface area contributed by atoms with Gasteiger partial charge in [-0.25, -0.2) is 4.39 Å². The van der Waals surface area contributed by atoms with Crippen LogP contribution < -0.4 is 10.1 Å². The molecule has 0 spiro atoms. The fourth-order valence-corrected chi connectivity index (χ4v) is 1.59. The molecule has 4 nitrogen and oxygen atoms in total. The van der Waals surface area contributed by atoms with Gasteiger partial charge in [-0.15, -0.1) is 0 Å². The van der Waals surface area contributed by atoms with Crippen LogP contribution in [0.25, 0.3) is 0 Å². The van der Waals surface area contributed by atoms with Crippen LogP contribution in [-0.2, 0) is 4.79 Å². The Hall–Kier alpha value is -2.56. The first-order chi connectivity index (χ1) is 9.65. The van der Waals surface area contributed by atoms with Crippen molar-refractivity contribution in [3.63, 3.8) is 0 Å². The van der Waals surface area contributed by atoms with Crippen molar-refractivity contribution in [2.24, 2.45) is 0 Å². The van der Waals surface area contributed by atoms with E-state index in [2.05, 4.69) is 5.32 Å². The van der Waals surface area contributed by atoms with Gasteiger partial charge in [-0.2, -0.15) is 0 Å². The molecule has 0 bridgehead atoms. The maximum Gasteiger partial charge on any atom is 0.227 e. The number of phenols is 1. The van der Waals surface area contributed by atoms with Crippen molar-refractivity contribution in [1.29, 1.82) is 0 Å². The van der Waals surface area contributed by atoms with E-state index in [4.69, 9.17) is 9.84 Å². The zero-order chi connectivity index (χ0) is 14.4. The molecule has 0 heterocycles. The Morgan fingerprint density at radius 1 is 1.20 bits per heavy atom. The van der Waals surface area contributed by atoms with Crippen LogP contribution in [0.3, 0.4) is 0 Å². The molecule has 0 radical (unpaired) electrons. The summed E-state index contributed by atoms with van der Waals surface area (Å²) >= 11 is 0. The number of amides is 1. The molecule has 0 aliphatic carbocycles. The van der Waals surface area contributed by atoms with Gasteiger partial charge in [0.25, 0.3) is 0 Å². The number of hydrogen-bond acceptors (Lipinski definition) is 3. The second-order valence-corrected chi connectivity index (χ2v) is 4.13. The third-order valence-corrected chi connectivity index (χ3v) is 2.57. The van der Waals surface area contributed by atoms with Crippen LogP contribution in [0, 0.1) is 5.82 Å². The van der Waals surface area contributed by atoms with Gasteiger partial charge in [0.15, 0.2) is 11.6 Å². The Morgan fingerprint density at radius 2 is 1.95 bits per heavy atom. The summed E-state index contributed by atoms with van der Waals surface area (Å²) in [6.45, 7) is 0.233. The summed E-state index contributed by atoms with van der Waals surface area (Å²) in [4.78, 5) is 11.6. The zero-order valence-electron chi connectivity index (χ0n) is 10.7. The topological polar surface area (TPSA) is 58.6 Å². The zero-order valence-corrected chi connectivity index (χ0v) is 10.7. The second-order valence-electron chi connectivity index (χ2n) is 4.13. The Morgan fingerprint density at radius 3 is 2.65 bits per heavy atom. The number of anilines is 1. The molecule has 2 aromatic rings. The van der Waals surface area contributed by atoms with E-state index in [1.807, 2.05) is 18.2 Å². The number of hydrogen-bond donors (Lipinski definition) is 2. The van der Waals surface area contributed by atoms with E-state index >= 15 is 0 Å². The van der Waals surface area contributed by atoms with Gasteiger partial charge in [-0.05, 0) is 24.3 Å². The average molecular weight is 275 g/mol. The van der Waals surface area contributed by atoms with Crippen molar-refractivity contribution in [3.8, 4) is 11.5 Å². The third-order valence-electron chi connectivity index (χ3n) is 2.57. The fourth-order valence-electron chi connectivity index (χ4n) is 1.59. The summed E-state index contributed by atoms with van der Waals surface area (Å²) in [5.74, 6) is -0.819. The van der Waals surface area contributed by atoms with Crippen LogP contribution in [-0.4, -0.2) is 17.6 Å². The molecule has 5 heteroatoms. The largest absolute Gasteiger partial charge is 0.505 e. The van der Waals surface area contributed by atoms with Crippen molar-refractivity contribution in [3.05, 3.63) is 54.3 Å². The summed E-state index contributed by atoms with van der Waals surface area (Å²) in [5, 5.41) is 11.6. The molecule has 0 aliphatic heterocycles. The van der Waals surface area contributed by atoms with Gasteiger partial charge in [0.1, 0.15) is 5.75 Å². The first kappa shape index (κ1) is 13.9. The van der Waals surface area contributed by atoms with Crippen LogP contribution in [0.5, 0.6) is 11.5 Å². The lowest BCUT2D eigenvalue weighted by Gasteiger charge is -2.07. The minimum Gasteiger partial charge on any atom is -0.505 e. The highest BCUT2D eigenvalue weighted by molar-refractivity contribution is 5.90. The molecule has 0 atom stereocenters. The molecule has 0 saturated carbocycles. The number of carbonyl (C=O) groups excluding carboxylic acids is 1. The van der Waals surface area contributed by atoms with Gasteiger partial charge in [0, 0.05) is 11.8 Å². The predicted octanol–water partition coefficient (Wildman–Crippen LogP) is 2.94. The molecule has 0 aliphatic rings. The lowest BCUT2D eigenvalue weighted by molar-refractivity contribution is -0.116. The maximum absolute atomic E-state index is 13.1. The molecule has 0 aromatic heterocycles. The number of nitrogens with one attached hydrogen (secondary N) is 1. The highest BCUT2D eigenvalue weighted by Gasteiger charge is 2.06. The second kappa shape index (κ2) is 6.56. The number of ether oxygens (including phenoxy) is 1. The first-order valence-electron chi connectivity index (χ1n) is 6.11. The number of rotatable bonds is 5. The van der Waals surface area contributed by atoms with Crippen LogP contribution in [0.4, 0.5) is 10.1 Å². The summed E-state index contributed by atoms with van der Waals surface area (Å²) in [7, 11) is 0. The monoisotopic (exact) mass is 275 g/mol. The molecule has 104 valence electrons. The number of phenolic OH excluding ortho intramolecular Hbond substituents is 1. The average Bonchev–Trinajstić information content (AvgIpc) is 2.44. The summed E-state index contributed by atoms with van der Waals surface area (Å²) in [6, 6.07) is 12.8. The summed E-state index contributed by atoms with van der Waals surface area (Å²) in [5.41, 5.74) is 0.296. The molecular weight excluding hydrogens is 261 g/mol. The highest BCUT2D eigenvalue weighted by Crippen LogP contribution is 2.19. The number of benzene rings is 2. The lowest BCUT2D eigenvalue weighted by Crippen LogP contribution is -2.15. The molecule has 0 unspecified atom stereocenters. The van der Waals surface area contributed by atoms with Crippen molar-refractivity contribution in [1.82, 2.24) is 0 Å². The van der Waals surface area contributed by atoms with Crippen molar-refractivity contribution >= 4 is 11.6 Å². The SMILES string of the molecule is O=C(CCOc1ccccc1)Nc1ccc(O)c(F)c1. The lowest BCUT2D eigenvalue weighted by atomic mass is 10.3. The molecule has 1 amide bonds. The van der Waals surface area contributed by atoms with Crippen LogP contribution in [0.1, 0.15) is 6.42 Å². The van der Waals surface area contributed by atoms with Gasteiger partial charge in [0.05, 0.1) is 13.0 Å². The third kappa shape index (κ3) is 3.98. The fraction of sp³-hybridized carbons (Fsp3) is 0.133. The van der Waals surface area contributed by atoms with Gasteiger partial charge in [0.2, 0.25) is 5.91 Å². The van der Waals surface area contributed by atoms with E-state index in [-0.39, 0.29) is 18.9 Å². The van der Waals surface area contributed by atoms with Gasteiger partial charge >= 0.3 is 0 Å². The summed E-state index contributed by atoms with van der Waals surface area (Å²) < 4.78 is 18.5. The van der Waals surface area contributed by atoms with E-state index in [0.29, 0.717) is 11.4 Å². The maximum atomic E-state index is 13.1. The Labute approximate surface area is 115 Å². The standard InChI is InChI=1S/C15H14FNO3/c16-13-10-11(6-7-14(13)18)17-15(19)8-9-20-12-4-2-1-3-5-12/h1-7,10,18H,8-9H2,(H,17,19). The normalized spacial score (nSPS) is 10.1. The minimum atomic E-state index is -0.775. The van der Waals surface area contributed by atoms with Crippen LogP contribution in [0.2, 0.25) is 0 Å². The van der Waals surface area contributed by atoms with E-state index in [1.165, 1.54) is 12.1 Å². The van der Waals surface area contributed by atoms with Crippen molar-refractivity contribution < 1.29 is 19.0 Å². The molecule has 2 rings (SSSR count). The number of para-hydroxylation sites is 1. The van der Waals surface area contributed by atoms with Crippen molar-refractivity contribution in [2.45, 2.75) is 6.42 Å². The first-order valence-corrected chi connectivity index (χ1v) is 6.11. The van der Waals surface area contributed by atoms with Crippen LogP contribution in [0.15, 0.2) is 48.5 Å². The van der Waals surface area contributed by atoms with Crippen LogP contribution >= 0.6 is 0 Å². The molecule has 0 fully saturated rings.